The molecule has 3 rings (SSSR count). The molecule has 0 radical (unpaired) electrons. The molecule has 0 spiro atoms. The highest BCUT2D eigenvalue weighted by atomic mass is 79.9. The van der Waals surface area contributed by atoms with Crippen LogP contribution in [-0.2, 0) is 0 Å². The first-order chi connectivity index (χ1) is 14.5. The lowest BCUT2D eigenvalue weighted by Gasteiger charge is -2.09. The van der Waals surface area contributed by atoms with Crippen molar-refractivity contribution in [1.29, 1.82) is 0 Å². The van der Waals surface area contributed by atoms with E-state index in [1.807, 2.05) is 6.07 Å². The van der Waals surface area contributed by atoms with Crippen molar-refractivity contribution in [2.75, 3.05) is 7.11 Å². The Hall–Kier alpha value is -2.97. The number of ether oxygens (including phenoxy) is 2. The van der Waals surface area contributed by atoms with Gasteiger partial charge in [-0.15, -0.1) is 0 Å². The Morgan fingerprint density at radius 1 is 1.00 bits per heavy atom. The molecule has 0 aromatic heterocycles. The largest absolute Gasteiger partial charge is 0.497 e. The van der Waals surface area contributed by atoms with Crippen LogP contribution in [0.15, 0.2) is 80.8 Å². The average molecular weight is 532 g/mol. The zero-order valence-corrected chi connectivity index (χ0v) is 18.9. The zero-order chi connectivity index (χ0) is 21.5. The van der Waals surface area contributed by atoms with Gasteiger partial charge in [0.2, 0.25) is 0 Å². The van der Waals surface area contributed by atoms with Crippen LogP contribution in [0.3, 0.4) is 0 Å². The summed E-state index contributed by atoms with van der Waals surface area (Å²) in [5.41, 5.74) is 3.81. The van der Waals surface area contributed by atoms with Gasteiger partial charge in [0.25, 0.3) is 5.91 Å². The molecule has 0 bridgehead atoms. The number of amides is 1. The van der Waals surface area contributed by atoms with Crippen LogP contribution in [0, 0.1) is 0 Å². The van der Waals surface area contributed by atoms with Gasteiger partial charge in [0.05, 0.1) is 24.5 Å². The van der Waals surface area contributed by atoms with Gasteiger partial charge in [-0.3, -0.25) is 4.79 Å². The van der Waals surface area contributed by atoms with E-state index in [0.717, 1.165) is 4.47 Å². The minimum absolute atomic E-state index is 0.304. The van der Waals surface area contributed by atoms with E-state index >= 15 is 0 Å². The van der Waals surface area contributed by atoms with E-state index in [1.54, 1.807) is 67.8 Å². The summed E-state index contributed by atoms with van der Waals surface area (Å²) in [6, 6.07) is 18.7. The molecule has 0 unspecified atom stereocenters. The standard InChI is InChI=1S/C22H16Br2N2O4/c1-29-17-9-6-14(7-10-17)22(28)30-20-11-8-16(23)12-15(20)13-25-26-21(27)18-4-2-3-5-19(18)24/h2-13H,1H3,(H,26,27)/b25-13-. The van der Waals surface area contributed by atoms with Crippen LogP contribution in [0.5, 0.6) is 11.5 Å². The van der Waals surface area contributed by atoms with Crippen LogP contribution in [0.2, 0.25) is 0 Å². The summed E-state index contributed by atoms with van der Waals surface area (Å²) in [6.07, 6.45) is 1.41. The summed E-state index contributed by atoms with van der Waals surface area (Å²) < 4.78 is 12.0. The number of esters is 1. The van der Waals surface area contributed by atoms with Crippen LogP contribution in [0.1, 0.15) is 26.3 Å². The number of carbonyl (C=O) groups is 2. The maximum atomic E-state index is 12.5. The Labute approximate surface area is 190 Å². The third-order valence-electron chi connectivity index (χ3n) is 3.99. The lowest BCUT2D eigenvalue weighted by atomic mass is 10.2. The summed E-state index contributed by atoms with van der Waals surface area (Å²) in [7, 11) is 1.55. The lowest BCUT2D eigenvalue weighted by molar-refractivity contribution is 0.0734. The van der Waals surface area contributed by atoms with Crippen LogP contribution >= 0.6 is 31.9 Å². The number of carbonyl (C=O) groups excluding carboxylic acids is 2. The summed E-state index contributed by atoms with van der Waals surface area (Å²) >= 11 is 6.71. The van der Waals surface area contributed by atoms with E-state index in [2.05, 4.69) is 42.4 Å². The number of nitrogens with zero attached hydrogens (tertiary/aromatic N) is 1. The number of hydrazone groups is 1. The monoisotopic (exact) mass is 530 g/mol. The number of hydrogen-bond donors (Lipinski definition) is 1. The fraction of sp³-hybridized carbons (Fsp3) is 0.0455. The Morgan fingerprint density at radius 2 is 1.73 bits per heavy atom. The fourth-order valence-electron chi connectivity index (χ4n) is 2.47. The minimum atomic E-state index is -0.521. The maximum Gasteiger partial charge on any atom is 0.343 e. The van der Waals surface area contributed by atoms with Gasteiger partial charge in [0.15, 0.2) is 0 Å². The molecule has 0 saturated heterocycles. The first-order valence-electron chi connectivity index (χ1n) is 8.71. The normalized spacial score (nSPS) is 10.6. The molecule has 3 aromatic rings. The second-order valence-electron chi connectivity index (χ2n) is 5.98. The van der Waals surface area contributed by atoms with E-state index in [4.69, 9.17) is 9.47 Å². The van der Waals surface area contributed by atoms with Gasteiger partial charge >= 0.3 is 5.97 Å². The van der Waals surface area contributed by atoms with Gasteiger partial charge in [0, 0.05) is 14.5 Å². The highest BCUT2D eigenvalue weighted by molar-refractivity contribution is 9.10. The topological polar surface area (TPSA) is 77.0 Å². The van der Waals surface area contributed by atoms with Gasteiger partial charge in [0.1, 0.15) is 11.5 Å². The van der Waals surface area contributed by atoms with Crippen LogP contribution in [-0.4, -0.2) is 25.2 Å². The Balaban J connectivity index is 1.74. The number of methoxy groups -OCH3 is 1. The van der Waals surface area contributed by atoms with Gasteiger partial charge in [-0.1, -0.05) is 28.1 Å². The predicted octanol–water partition coefficient (Wildman–Crippen LogP) is 5.20. The summed E-state index contributed by atoms with van der Waals surface area (Å²) in [5.74, 6) is 0.0547. The van der Waals surface area contributed by atoms with E-state index < -0.39 is 5.97 Å². The average Bonchev–Trinajstić information content (AvgIpc) is 2.75. The molecule has 3 aromatic carbocycles. The number of halogens is 2. The molecule has 0 saturated carbocycles. The second-order valence-corrected chi connectivity index (χ2v) is 7.75. The molecule has 0 fully saturated rings. The van der Waals surface area contributed by atoms with Crippen molar-refractivity contribution in [2.45, 2.75) is 0 Å². The molecule has 6 nitrogen and oxygen atoms in total. The highest BCUT2D eigenvalue weighted by Crippen LogP contribution is 2.23. The van der Waals surface area contributed by atoms with Gasteiger partial charge in [-0.2, -0.15) is 5.10 Å². The van der Waals surface area contributed by atoms with E-state index in [1.165, 1.54) is 6.21 Å². The summed E-state index contributed by atoms with van der Waals surface area (Å²) in [6.45, 7) is 0. The molecular weight excluding hydrogens is 516 g/mol. The van der Waals surface area contributed by atoms with Crippen molar-refractivity contribution >= 4 is 50.0 Å². The predicted molar refractivity (Wildman–Crippen MR) is 121 cm³/mol. The van der Waals surface area contributed by atoms with Crippen molar-refractivity contribution in [3.05, 3.63) is 92.4 Å². The lowest BCUT2D eigenvalue weighted by Crippen LogP contribution is -2.18. The molecule has 30 heavy (non-hydrogen) atoms. The van der Waals surface area contributed by atoms with Gasteiger partial charge < -0.3 is 9.47 Å². The number of benzene rings is 3. The quantitative estimate of drug-likeness (QED) is 0.205. The van der Waals surface area contributed by atoms with Crippen molar-refractivity contribution in [1.82, 2.24) is 5.43 Å². The number of hydrogen-bond acceptors (Lipinski definition) is 5. The Kier molecular flexibility index (Phi) is 7.37. The van der Waals surface area contributed by atoms with Crippen molar-refractivity contribution in [3.63, 3.8) is 0 Å². The van der Waals surface area contributed by atoms with Gasteiger partial charge in [-0.25, -0.2) is 10.2 Å². The van der Waals surface area contributed by atoms with Crippen LogP contribution in [0.25, 0.3) is 0 Å². The van der Waals surface area contributed by atoms with Crippen LogP contribution < -0.4 is 14.9 Å². The fourth-order valence-corrected chi connectivity index (χ4v) is 3.31. The van der Waals surface area contributed by atoms with Crippen molar-refractivity contribution < 1.29 is 19.1 Å². The maximum absolute atomic E-state index is 12.5. The molecule has 0 aliphatic carbocycles. The molecule has 0 aliphatic rings. The highest BCUT2D eigenvalue weighted by Gasteiger charge is 2.12. The van der Waals surface area contributed by atoms with Gasteiger partial charge in [-0.05, 0) is 70.5 Å². The third-order valence-corrected chi connectivity index (χ3v) is 5.17. The Bertz CT molecular complexity index is 1100. The van der Waals surface area contributed by atoms with E-state index in [-0.39, 0.29) is 5.91 Å². The molecule has 1 N–H and O–H groups in total. The summed E-state index contributed by atoms with van der Waals surface area (Å²) in [4.78, 5) is 24.7. The first-order valence-corrected chi connectivity index (χ1v) is 10.3. The molecule has 0 aliphatic heterocycles. The number of rotatable bonds is 6. The Morgan fingerprint density at radius 3 is 2.43 bits per heavy atom. The first kappa shape index (κ1) is 21.7. The van der Waals surface area contributed by atoms with Crippen LogP contribution in [0.4, 0.5) is 0 Å². The SMILES string of the molecule is COc1ccc(C(=O)Oc2ccc(Br)cc2/C=N\NC(=O)c2ccccc2Br)cc1. The third kappa shape index (κ3) is 5.55. The molecule has 8 heteroatoms. The van der Waals surface area contributed by atoms with Crippen molar-refractivity contribution in [3.8, 4) is 11.5 Å². The summed E-state index contributed by atoms with van der Waals surface area (Å²) in [5, 5.41) is 3.99. The van der Waals surface area contributed by atoms with E-state index in [9.17, 15) is 9.59 Å². The van der Waals surface area contributed by atoms with Crippen molar-refractivity contribution in [2.24, 2.45) is 5.10 Å². The van der Waals surface area contributed by atoms with E-state index in [0.29, 0.717) is 32.7 Å². The second kappa shape index (κ2) is 10.2. The molecule has 0 atom stereocenters. The molecule has 152 valence electrons. The molecular formula is C22H16Br2N2O4. The number of nitrogens with one attached hydrogen (secondary N) is 1. The minimum Gasteiger partial charge on any atom is -0.497 e. The molecule has 1 amide bonds. The molecule has 0 heterocycles. The zero-order valence-electron chi connectivity index (χ0n) is 15.8. The smallest absolute Gasteiger partial charge is 0.343 e.